The van der Waals surface area contributed by atoms with Crippen molar-refractivity contribution in [2.24, 2.45) is 5.73 Å². The van der Waals surface area contributed by atoms with Crippen molar-refractivity contribution in [2.75, 3.05) is 31.6 Å². The maximum atomic E-state index is 11.9. The average molecular weight is 284 g/mol. The van der Waals surface area contributed by atoms with Crippen molar-refractivity contribution >= 4 is 29.2 Å². The standard InChI is InChI=1S/C12H14ClN3O3/c13-10-2-1-8(7-9(10)11(14)17)15-12(18)16-3-5-19-6-4-16/h1-2,7H,3-6H2,(H2,14,17)(H,15,18). The minimum absolute atomic E-state index is 0.182. The fraction of sp³-hybridized carbons (Fsp3) is 0.333. The van der Waals surface area contributed by atoms with Gasteiger partial charge in [-0.05, 0) is 18.2 Å². The number of anilines is 1. The van der Waals surface area contributed by atoms with Crippen molar-refractivity contribution in [1.82, 2.24) is 4.90 Å². The zero-order valence-corrected chi connectivity index (χ0v) is 10.9. The highest BCUT2D eigenvalue weighted by molar-refractivity contribution is 6.33. The second-order valence-corrected chi connectivity index (χ2v) is 4.50. The van der Waals surface area contributed by atoms with Crippen LogP contribution in [0.4, 0.5) is 10.5 Å². The van der Waals surface area contributed by atoms with Crippen LogP contribution in [-0.4, -0.2) is 43.1 Å². The van der Waals surface area contributed by atoms with Crippen molar-refractivity contribution in [3.63, 3.8) is 0 Å². The lowest BCUT2D eigenvalue weighted by Gasteiger charge is -2.27. The van der Waals surface area contributed by atoms with Gasteiger partial charge in [0.25, 0.3) is 0 Å². The molecular weight excluding hydrogens is 270 g/mol. The number of halogens is 1. The van der Waals surface area contributed by atoms with E-state index >= 15 is 0 Å². The lowest BCUT2D eigenvalue weighted by atomic mass is 10.2. The summed E-state index contributed by atoms with van der Waals surface area (Å²) in [6.07, 6.45) is 0. The van der Waals surface area contributed by atoms with Crippen LogP contribution in [-0.2, 0) is 4.74 Å². The minimum Gasteiger partial charge on any atom is -0.378 e. The molecule has 0 unspecified atom stereocenters. The quantitative estimate of drug-likeness (QED) is 0.858. The Bertz CT molecular complexity index is 501. The fourth-order valence-corrected chi connectivity index (χ4v) is 1.97. The zero-order valence-electron chi connectivity index (χ0n) is 10.2. The Kier molecular flexibility index (Phi) is 4.24. The molecule has 3 N–H and O–H groups in total. The summed E-state index contributed by atoms with van der Waals surface area (Å²) in [6.45, 7) is 2.14. The topological polar surface area (TPSA) is 84.7 Å². The highest BCUT2D eigenvalue weighted by atomic mass is 35.5. The van der Waals surface area contributed by atoms with E-state index in [1.54, 1.807) is 11.0 Å². The van der Waals surface area contributed by atoms with E-state index in [-0.39, 0.29) is 16.6 Å². The molecule has 0 spiro atoms. The zero-order chi connectivity index (χ0) is 13.8. The molecule has 0 saturated carbocycles. The van der Waals surface area contributed by atoms with Crippen LogP contribution < -0.4 is 11.1 Å². The molecule has 0 aromatic heterocycles. The van der Waals surface area contributed by atoms with E-state index in [9.17, 15) is 9.59 Å². The highest BCUT2D eigenvalue weighted by Crippen LogP contribution is 2.20. The first-order valence-corrected chi connectivity index (χ1v) is 6.19. The number of hydrogen-bond donors (Lipinski definition) is 2. The third kappa shape index (κ3) is 3.36. The van der Waals surface area contributed by atoms with Crippen LogP contribution in [0.3, 0.4) is 0 Å². The van der Waals surface area contributed by atoms with Gasteiger partial charge in [0.2, 0.25) is 5.91 Å². The molecule has 7 heteroatoms. The SMILES string of the molecule is NC(=O)c1cc(NC(=O)N2CCOCC2)ccc1Cl. The summed E-state index contributed by atoms with van der Waals surface area (Å²) in [4.78, 5) is 24.7. The number of rotatable bonds is 2. The summed E-state index contributed by atoms with van der Waals surface area (Å²) >= 11 is 5.84. The predicted octanol–water partition coefficient (Wildman–Crippen LogP) is 1.30. The van der Waals surface area contributed by atoms with Gasteiger partial charge in [-0.3, -0.25) is 4.79 Å². The smallest absolute Gasteiger partial charge is 0.321 e. The number of hydrogen-bond acceptors (Lipinski definition) is 3. The number of amides is 3. The molecule has 1 aromatic rings. The summed E-state index contributed by atoms with van der Waals surface area (Å²) in [5, 5.41) is 2.96. The molecule has 1 aliphatic heterocycles. The van der Waals surface area contributed by atoms with Gasteiger partial charge < -0.3 is 20.7 Å². The fourth-order valence-electron chi connectivity index (χ4n) is 1.76. The van der Waals surface area contributed by atoms with E-state index in [4.69, 9.17) is 22.1 Å². The number of nitrogens with one attached hydrogen (secondary N) is 1. The summed E-state index contributed by atoms with van der Waals surface area (Å²) in [5.41, 5.74) is 5.86. The molecule has 6 nitrogen and oxygen atoms in total. The third-order valence-corrected chi connectivity index (χ3v) is 3.11. The van der Waals surface area contributed by atoms with Gasteiger partial charge in [0.05, 0.1) is 23.8 Å². The van der Waals surface area contributed by atoms with Gasteiger partial charge in [0.1, 0.15) is 0 Å². The molecule has 0 bridgehead atoms. The molecule has 1 saturated heterocycles. The van der Waals surface area contributed by atoms with Crippen molar-refractivity contribution in [1.29, 1.82) is 0 Å². The minimum atomic E-state index is -0.632. The van der Waals surface area contributed by atoms with Crippen LogP contribution in [0.25, 0.3) is 0 Å². The number of carbonyl (C=O) groups excluding carboxylic acids is 2. The van der Waals surface area contributed by atoms with Gasteiger partial charge in [-0.25, -0.2) is 4.79 Å². The van der Waals surface area contributed by atoms with Crippen LogP contribution in [0.2, 0.25) is 5.02 Å². The van der Waals surface area contributed by atoms with Crippen LogP contribution in [0, 0.1) is 0 Å². The Hall–Kier alpha value is -1.79. The molecule has 3 amide bonds. The van der Waals surface area contributed by atoms with Gasteiger partial charge >= 0.3 is 6.03 Å². The first kappa shape index (κ1) is 13.6. The summed E-state index contributed by atoms with van der Waals surface area (Å²) < 4.78 is 5.17. The Balaban J connectivity index is 2.08. The number of nitrogens with zero attached hydrogens (tertiary/aromatic N) is 1. The molecule has 19 heavy (non-hydrogen) atoms. The van der Waals surface area contributed by atoms with E-state index in [1.807, 2.05) is 0 Å². The Morgan fingerprint density at radius 2 is 2.00 bits per heavy atom. The van der Waals surface area contributed by atoms with Gasteiger partial charge in [0, 0.05) is 18.8 Å². The van der Waals surface area contributed by atoms with Gasteiger partial charge in [-0.1, -0.05) is 11.6 Å². The lowest BCUT2D eigenvalue weighted by Crippen LogP contribution is -2.43. The normalized spacial score (nSPS) is 15.1. The number of primary amides is 1. The molecule has 102 valence electrons. The number of nitrogens with two attached hydrogens (primary N) is 1. The maximum Gasteiger partial charge on any atom is 0.321 e. The van der Waals surface area contributed by atoms with Crippen molar-refractivity contribution in [3.05, 3.63) is 28.8 Å². The van der Waals surface area contributed by atoms with Crippen LogP contribution in [0.15, 0.2) is 18.2 Å². The molecule has 0 atom stereocenters. The predicted molar refractivity (Wildman–Crippen MR) is 71.4 cm³/mol. The summed E-state index contributed by atoms with van der Waals surface area (Å²) in [7, 11) is 0. The molecule has 1 aromatic carbocycles. The second-order valence-electron chi connectivity index (χ2n) is 4.09. The third-order valence-electron chi connectivity index (χ3n) is 2.78. The van der Waals surface area contributed by atoms with E-state index < -0.39 is 5.91 Å². The molecule has 2 rings (SSSR count). The molecule has 0 aliphatic carbocycles. The van der Waals surface area contributed by atoms with E-state index in [2.05, 4.69) is 5.32 Å². The number of urea groups is 1. The van der Waals surface area contributed by atoms with Crippen molar-refractivity contribution in [3.8, 4) is 0 Å². The van der Waals surface area contributed by atoms with Crippen molar-refractivity contribution < 1.29 is 14.3 Å². The Morgan fingerprint density at radius 1 is 1.32 bits per heavy atom. The molecular formula is C12H14ClN3O3. The van der Waals surface area contributed by atoms with E-state index in [1.165, 1.54) is 12.1 Å². The summed E-state index contributed by atoms with van der Waals surface area (Å²) in [5.74, 6) is -0.632. The van der Waals surface area contributed by atoms with Gasteiger partial charge in [-0.15, -0.1) is 0 Å². The molecule has 1 heterocycles. The number of morpholine rings is 1. The molecule has 0 radical (unpaired) electrons. The maximum absolute atomic E-state index is 11.9. The summed E-state index contributed by atoms with van der Waals surface area (Å²) in [6, 6.07) is 4.37. The van der Waals surface area contributed by atoms with E-state index in [0.29, 0.717) is 32.0 Å². The number of benzene rings is 1. The molecule has 1 fully saturated rings. The van der Waals surface area contributed by atoms with Crippen LogP contribution in [0.1, 0.15) is 10.4 Å². The molecule has 1 aliphatic rings. The Morgan fingerprint density at radius 3 is 2.63 bits per heavy atom. The first-order chi connectivity index (χ1) is 9.08. The lowest BCUT2D eigenvalue weighted by molar-refractivity contribution is 0.0564. The Labute approximate surface area is 115 Å². The monoisotopic (exact) mass is 283 g/mol. The average Bonchev–Trinajstić information content (AvgIpc) is 2.41. The number of carbonyl (C=O) groups is 2. The van der Waals surface area contributed by atoms with Crippen LogP contribution >= 0.6 is 11.6 Å². The second kappa shape index (κ2) is 5.90. The largest absolute Gasteiger partial charge is 0.378 e. The van der Waals surface area contributed by atoms with Crippen molar-refractivity contribution in [2.45, 2.75) is 0 Å². The first-order valence-electron chi connectivity index (χ1n) is 5.81. The van der Waals surface area contributed by atoms with Crippen LogP contribution in [0.5, 0.6) is 0 Å². The van der Waals surface area contributed by atoms with E-state index in [0.717, 1.165) is 0 Å². The van der Waals surface area contributed by atoms with Gasteiger partial charge in [0.15, 0.2) is 0 Å². The number of ether oxygens (including phenoxy) is 1. The van der Waals surface area contributed by atoms with Gasteiger partial charge in [-0.2, -0.15) is 0 Å². The highest BCUT2D eigenvalue weighted by Gasteiger charge is 2.17.